The number of nitrogens with two attached hydrogens (primary N) is 1. The Bertz CT molecular complexity index is 690. The van der Waals surface area contributed by atoms with Crippen molar-refractivity contribution >= 4 is 28.8 Å². The van der Waals surface area contributed by atoms with Crippen LogP contribution < -0.4 is 10.5 Å². The van der Waals surface area contributed by atoms with E-state index in [0.717, 1.165) is 5.56 Å². The number of ether oxygens (including phenoxy) is 1. The largest absolute Gasteiger partial charge is 0.489 e. The lowest BCUT2D eigenvalue weighted by molar-refractivity contribution is -0.384. The standard InChI is InChI=1S/C15H14ClN3O3/c16-9-15(17)18-13-7-6-12(8-14(13)19(20)21)22-10-11-4-2-1-3-5-11/h1-8H,9-10H2,(H2,17,18). The van der Waals surface area contributed by atoms with Crippen LogP contribution in [0.3, 0.4) is 0 Å². The molecule has 0 fully saturated rings. The summed E-state index contributed by atoms with van der Waals surface area (Å²) in [7, 11) is 0. The van der Waals surface area contributed by atoms with E-state index < -0.39 is 4.92 Å². The Hall–Kier alpha value is -2.60. The number of nitrogens with zero attached hydrogens (tertiary/aromatic N) is 2. The summed E-state index contributed by atoms with van der Waals surface area (Å²) in [5.41, 5.74) is 6.45. The second-order valence-corrected chi connectivity index (χ2v) is 4.69. The van der Waals surface area contributed by atoms with Crippen LogP contribution >= 0.6 is 11.6 Å². The average Bonchev–Trinajstić information content (AvgIpc) is 2.54. The van der Waals surface area contributed by atoms with E-state index in [0.29, 0.717) is 12.4 Å². The first kappa shape index (κ1) is 15.8. The Morgan fingerprint density at radius 3 is 2.64 bits per heavy atom. The number of rotatable bonds is 6. The second-order valence-electron chi connectivity index (χ2n) is 4.42. The summed E-state index contributed by atoms with van der Waals surface area (Å²) in [6.45, 7) is 0.324. The van der Waals surface area contributed by atoms with Crippen molar-refractivity contribution in [2.24, 2.45) is 10.7 Å². The second kappa shape index (κ2) is 7.42. The molecule has 0 aliphatic rings. The van der Waals surface area contributed by atoms with Gasteiger partial charge in [-0.05, 0) is 17.7 Å². The molecule has 0 amide bonds. The molecule has 0 radical (unpaired) electrons. The summed E-state index contributed by atoms with van der Waals surface area (Å²) in [4.78, 5) is 14.5. The zero-order chi connectivity index (χ0) is 15.9. The van der Waals surface area contributed by atoms with Gasteiger partial charge in [-0.1, -0.05) is 30.3 Å². The average molecular weight is 320 g/mol. The number of alkyl halides is 1. The fourth-order valence-electron chi connectivity index (χ4n) is 1.76. The maximum Gasteiger partial charge on any atom is 0.298 e. The molecule has 2 aromatic carbocycles. The molecule has 0 aliphatic heterocycles. The molecular formula is C15H14ClN3O3. The minimum absolute atomic E-state index is 0.00339. The first-order valence-corrected chi connectivity index (χ1v) is 6.98. The van der Waals surface area contributed by atoms with Crippen LogP contribution in [0.4, 0.5) is 11.4 Å². The summed E-state index contributed by atoms with van der Waals surface area (Å²) in [5, 5.41) is 11.1. The first-order chi connectivity index (χ1) is 10.6. The van der Waals surface area contributed by atoms with Gasteiger partial charge in [-0.15, -0.1) is 11.6 Å². The summed E-state index contributed by atoms with van der Waals surface area (Å²) >= 11 is 5.53. The highest BCUT2D eigenvalue weighted by Gasteiger charge is 2.15. The van der Waals surface area contributed by atoms with Crippen molar-refractivity contribution in [2.45, 2.75) is 6.61 Å². The van der Waals surface area contributed by atoms with E-state index in [1.165, 1.54) is 12.1 Å². The van der Waals surface area contributed by atoms with Gasteiger partial charge in [0.05, 0.1) is 16.9 Å². The third-order valence-corrected chi connectivity index (χ3v) is 3.07. The summed E-state index contributed by atoms with van der Waals surface area (Å²) in [5.74, 6) is 0.505. The number of halogens is 1. The molecule has 0 aromatic heterocycles. The molecule has 2 N–H and O–H groups in total. The van der Waals surface area contributed by atoms with Crippen molar-refractivity contribution in [3.63, 3.8) is 0 Å². The molecule has 0 unspecified atom stereocenters. The molecule has 2 rings (SSSR count). The molecular weight excluding hydrogens is 306 g/mol. The predicted octanol–water partition coefficient (Wildman–Crippen LogP) is 3.40. The van der Waals surface area contributed by atoms with Crippen molar-refractivity contribution in [1.82, 2.24) is 0 Å². The van der Waals surface area contributed by atoms with E-state index in [1.54, 1.807) is 6.07 Å². The number of nitro groups is 1. The van der Waals surface area contributed by atoms with E-state index in [4.69, 9.17) is 22.1 Å². The van der Waals surface area contributed by atoms with Crippen LogP contribution in [0.2, 0.25) is 0 Å². The highest BCUT2D eigenvalue weighted by Crippen LogP contribution is 2.31. The molecule has 0 bridgehead atoms. The van der Waals surface area contributed by atoms with Crippen LogP contribution in [0.25, 0.3) is 0 Å². The zero-order valence-corrected chi connectivity index (χ0v) is 12.4. The van der Waals surface area contributed by atoms with Crippen LogP contribution in [-0.4, -0.2) is 16.6 Å². The third kappa shape index (κ3) is 4.20. The Morgan fingerprint density at radius 2 is 2.00 bits per heavy atom. The number of nitro benzene ring substituents is 1. The van der Waals surface area contributed by atoms with Crippen LogP contribution in [0.15, 0.2) is 53.5 Å². The fraction of sp³-hybridized carbons (Fsp3) is 0.133. The van der Waals surface area contributed by atoms with E-state index in [-0.39, 0.29) is 23.1 Å². The van der Waals surface area contributed by atoms with Gasteiger partial charge in [0.15, 0.2) is 0 Å². The van der Waals surface area contributed by atoms with Crippen molar-refractivity contribution in [1.29, 1.82) is 0 Å². The number of aliphatic imine (C=N–C) groups is 1. The van der Waals surface area contributed by atoms with E-state index in [2.05, 4.69) is 4.99 Å². The highest BCUT2D eigenvalue weighted by atomic mass is 35.5. The summed E-state index contributed by atoms with van der Waals surface area (Å²) < 4.78 is 5.56. The molecule has 6 nitrogen and oxygen atoms in total. The third-order valence-electron chi connectivity index (χ3n) is 2.79. The Kier molecular flexibility index (Phi) is 5.32. The number of hydrogen-bond donors (Lipinski definition) is 1. The van der Waals surface area contributed by atoms with Crippen LogP contribution in [0.1, 0.15) is 5.56 Å². The van der Waals surface area contributed by atoms with Gasteiger partial charge >= 0.3 is 0 Å². The highest BCUT2D eigenvalue weighted by molar-refractivity contribution is 6.28. The van der Waals surface area contributed by atoms with Gasteiger partial charge in [0, 0.05) is 0 Å². The van der Waals surface area contributed by atoms with Gasteiger partial charge in [-0.3, -0.25) is 10.1 Å². The van der Waals surface area contributed by atoms with Crippen LogP contribution in [0.5, 0.6) is 5.75 Å². The summed E-state index contributed by atoms with van der Waals surface area (Å²) in [6, 6.07) is 13.9. The summed E-state index contributed by atoms with van der Waals surface area (Å²) in [6.07, 6.45) is 0. The maximum absolute atomic E-state index is 11.1. The van der Waals surface area contributed by atoms with Crippen molar-refractivity contribution in [3.05, 3.63) is 64.2 Å². The van der Waals surface area contributed by atoms with Crippen molar-refractivity contribution < 1.29 is 9.66 Å². The smallest absolute Gasteiger partial charge is 0.298 e. The lowest BCUT2D eigenvalue weighted by atomic mass is 10.2. The van der Waals surface area contributed by atoms with Gasteiger partial charge in [0.2, 0.25) is 0 Å². The van der Waals surface area contributed by atoms with Gasteiger partial charge in [0.25, 0.3) is 5.69 Å². The lowest BCUT2D eigenvalue weighted by Gasteiger charge is -2.07. The van der Waals surface area contributed by atoms with Crippen LogP contribution in [-0.2, 0) is 6.61 Å². The quantitative estimate of drug-likeness (QED) is 0.290. The first-order valence-electron chi connectivity index (χ1n) is 6.44. The molecule has 0 spiro atoms. The predicted molar refractivity (Wildman–Crippen MR) is 85.9 cm³/mol. The zero-order valence-electron chi connectivity index (χ0n) is 11.6. The Morgan fingerprint density at radius 1 is 1.27 bits per heavy atom. The minimum atomic E-state index is -0.532. The number of benzene rings is 2. The normalized spacial score (nSPS) is 11.2. The maximum atomic E-state index is 11.1. The molecule has 22 heavy (non-hydrogen) atoms. The molecule has 0 heterocycles. The molecule has 0 aliphatic carbocycles. The van der Waals surface area contributed by atoms with E-state index in [1.807, 2.05) is 30.3 Å². The molecule has 0 saturated carbocycles. The molecule has 0 saturated heterocycles. The van der Waals surface area contributed by atoms with Gasteiger partial charge < -0.3 is 10.5 Å². The van der Waals surface area contributed by atoms with E-state index in [9.17, 15) is 10.1 Å². The fourth-order valence-corrected chi connectivity index (χ4v) is 1.82. The molecule has 2 aromatic rings. The molecule has 0 atom stereocenters. The van der Waals surface area contributed by atoms with E-state index >= 15 is 0 Å². The van der Waals surface area contributed by atoms with Crippen molar-refractivity contribution in [2.75, 3.05) is 5.88 Å². The van der Waals surface area contributed by atoms with Crippen molar-refractivity contribution in [3.8, 4) is 5.75 Å². The Labute approximate surface area is 132 Å². The van der Waals surface area contributed by atoms with Gasteiger partial charge in [-0.25, -0.2) is 4.99 Å². The van der Waals surface area contributed by atoms with Gasteiger partial charge in [-0.2, -0.15) is 0 Å². The Balaban J connectivity index is 2.20. The monoisotopic (exact) mass is 319 g/mol. The molecule has 7 heteroatoms. The van der Waals surface area contributed by atoms with Gasteiger partial charge in [0.1, 0.15) is 23.9 Å². The lowest BCUT2D eigenvalue weighted by Crippen LogP contribution is -2.12. The number of amidine groups is 1. The van der Waals surface area contributed by atoms with Crippen LogP contribution in [0, 0.1) is 10.1 Å². The SMILES string of the molecule is NC(CCl)=Nc1ccc(OCc2ccccc2)cc1[N+](=O)[O-]. The number of hydrogen-bond acceptors (Lipinski definition) is 4. The minimum Gasteiger partial charge on any atom is -0.489 e. The topological polar surface area (TPSA) is 90.8 Å². The molecule has 114 valence electrons.